The molecule has 3 heteroatoms. The number of rotatable bonds is 7. The summed E-state index contributed by atoms with van der Waals surface area (Å²) in [7, 11) is 1.70. The van der Waals surface area contributed by atoms with Gasteiger partial charge in [-0.15, -0.1) is 0 Å². The molecule has 0 saturated heterocycles. The molecule has 0 heterocycles. The van der Waals surface area contributed by atoms with Crippen molar-refractivity contribution >= 4 is 5.69 Å². The van der Waals surface area contributed by atoms with Crippen molar-refractivity contribution in [3.8, 4) is 5.75 Å². The number of unbranched alkanes of at least 4 members (excludes halogenated alkanes) is 1. The van der Waals surface area contributed by atoms with Crippen LogP contribution in [-0.2, 0) is 6.42 Å². The van der Waals surface area contributed by atoms with E-state index >= 15 is 0 Å². The number of hydrogen-bond donors (Lipinski definition) is 2. The predicted octanol–water partition coefficient (Wildman–Crippen LogP) is 2.41. The summed E-state index contributed by atoms with van der Waals surface area (Å²) < 4.78 is 5.31. The number of aryl methyl sites for hydroxylation is 1. The van der Waals surface area contributed by atoms with Gasteiger partial charge in [-0.2, -0.15) is 0 Å². The summed E-state index contributed by atoms with van der Waals surface area (Å²) >= 11 is 0. The van der Waals surface area contributed by atoms with Crippen molar-refractivity contribution in [3.63, 3.8) is 0 Å². The van der Waals surface area contributed by atoms with Gasteiger partial charge in [0, 0.05) is 6.54 Å². The second-order valence-corrected chi connectivity index (χ2v) is 3.81. The number of ether oxygens (including phenoxy) is 1. The Labute approximate surface area is 98.0 Å². The lowest BCUT2D eigenvalue weighted by Gasteiger charge is -2.12. The van der Waals surface area contributed by atoms with E-state index in [4.69, 9.17) is 10.5 Å². The van der Waals surface area contributed by atoms with E-state index in [0.717, 1.165) is 43.8 Å². The summed E-state index contributed by atoms with van der Waals surface area (Å²) in [6.07, 6.45) is 3.19. The second-order valence-electron chi connectivity index (χ2n) is 3.81. The molecule has 0 aliphatic rings. The monoisotopic (exact) mass is 222 g/mol. The molecule has 90 valence electrons. The largest absolute Gasteiger partial charge is 0.495 e. The molecule has 1 aromatic carbocycles. The highest BCUT2D eigenvalue weighted by Gasteiger charge is 2.02. The van der Waals surface area contributed by atoms with Crippen LogP contribution in [0.1, 0.15) is 25.3 Å². The molecule has 0 amide bonds. The quantitative estimate of drug-likeness (QED) is 0.696. The van der Waals surface area contributed by atoms with Crippen LogP contribution < -0.4 is 15.8 Å². The van der Waals surface area contributed by atoms with Gasteiger partial charge < -0.3 is 15.8 Å². The highest BCUT2D eigenvalue weighted by Crippen LogP contribution is 2.25. The Morgan fingerprint density at radius 2 is 2.12 bits per heavy atom. The number of hydrogen-bond acceptors (Lipinski definition) is 3. The highest BCUT2D eigenvalue weighted by molar-refractivity contribution is 5.58. The molecule has 0 radical (unpaired) electrons. The molecule has 0 saturated carbocycles. The zero-order chi connectivity index (χ0) is 11.8. The first-order chi connectivity index (χ1) is 7.81. The summed E-state index contributed by atoms with van der Waals surface area (Å²) in [6.45, 7) is 3.86. The molecule has 0 unspecified atom stereocenters. The first-order valence-electron chi connectivity index (χ1n) is 5.92. The maximum Gasteiger partial charge on any atom is 0.141 e. The number of anilines is 1. The van der Waals surface area contributed by atoms with Crippen LogP contribution in [0.2, 0.25) is 0 Å². The van der Waals surface area contributed by atoms with Crippen molar-refractivity contribution in [2.24, 2.45) is 5.73 Å². The fraction of sp³-hybridized carbons (Fsp3) is 0.538. The Kier molecular flexibility index (Phi) is 5.72. The molecule has 0 spiro atoms. The van der Waals surface area contributed by atoms with Crippen LogP contribution in [0.5, 0.6) is 5.75 Å². The Hall–Kier alpha value is -1.22. The topological polar surface area (TPSA) is 47.3 Å². The van der Waals surface area contributed by atoms with Crippen LogP contribution in [-0.4, -0.2) is 20.2 Å². The van der Waals surface area contributed by atoms with Crippen molar-refractivity contribution in [1.82, 2.24) is 0 Å². The van der Waals surface area contributed by atoms with E-state index < -0.39 is 0 Å². The molecule has 0 atom stereocenters. The molecule has 0 bridgehead atoms. The standard InChI is InChI=1S/C13H22N2O/c1-3-11-6-7-13(16-2)12(10-11)15-9-5-4-8-14/h6-7,10,15H,3-5,8-9,14H2,1-2H3. The lowest BCUT2D eigenvalue weighted by atomic mass is 10.1. The molecule has 0 aliphatic carbocycles. The smallest absolute Gasteiger partial charge is 0.141 e. The van der Waals surface area contributed by atoms with Crippen molar-refractivity contribution < 1.29 is 4.74 Å². The molecular weight excluding hydrogens is 200 g/mol. The molecule has 1 rings (SSSR count). The van der Waals surface area contributed by atoms with Crippen LogP contribution in [0.15, 0.2) is 18.2 Å². The Morgan fingerprint density at radius 3 is 2.75 bits per heavy atom. The molecule has 16 heavy (non-hydrogen) atoms. The SMILES string of the molecule is CCc1ccc(OC)c(NCCCCN)c1. The Balaban J connectivity index is 2.60. The maximum absolute atomic E-state index is 5.46. The molecule has 3 N–H and O–H groups in total. The average molecular weight is 222 g/mol. The van der Waals surface area contributed by atoms with Gasteiger partial charge in [0.15, 0.2) is 0 Å². The second kappa shape index (κ2) is 7.12. The number of nitrogens with two attached hydrogens (primary N) is 1. The minimum absolute atomic E-state index is 0.758. The zero-order valence-electron chi connectivity index (χ0n) is 10.3. The van der Waals surface area contributed by atoms with Crippen molar-refractivity contribution in [1.29, 1.82) is 0 Å². The van der Waals surface area contributed by atoms with Crippen LogP contribution in [0.4, 0.5) is 5.69 Å². The van der Waals surface area contributed by atoms with Gasteiger partial charge in [0.25, 0.3) is 0 Å². The van der Waals surface area contributed by atoms with Crippen LogP contribution in [0, 0.1) is 0 Å². The van der Waals surface area contributed by atoms with E-state index in [0.29, 0.717) is 0 Å². The summed E-state index contributed by atoms with van der Waals surface area (Å²) in [5.41, 5.74) is 7.86. The minimum Gasteiger partial charge on any atom is -0.495 e. The summed E-state index contributed by atoms with van der Waals surface area (Å²) in [4.78, 5) is 0. The predicted molar refractivity (Wildman–Crippen MR) is 69.2 cm³/mol. The van der Waals surface area contributed by atoms with Crippen LogP contribution >= 0.6 is 0 Å². The van der Waals surface area contributed by atoms with Gasteiger partial charge in [-0.1, -0.05) is 13.0 Å². The third-order valence-corrected chi connectivity index (χ3v) is 2.62. The van der Waals surface area contributed by atoms with Crippen LogP contribution in [0.25, 0.3) is 0 Å². The van der Waals surface area contributed by atoms with Gasteiger partial charge in [0.05, 0.1) is 12.8 Å². The lowest BCUT2D eigenvalue weighted by Crippen LogP contribution is -2.06. The van der Waals surface area contributed by atoms with Gasteiger partial charge in [0.2, 0.25) is 0 Å². The maximum atomic E-state index is 5.46. The molecule has 1 aromatic rings. The van der Waals surface area contributed by atoms with E-state index in [9.17, 15) is 0 Å². The zero-order valence-corrected chi connectivity index (χ0v) is 10.3. The van der Waals surface area contributed by atoms with E-state index in [1.807, 2.05) is 6.07 Å². The molecular formula is C13H22N2O. The first kappa shape index (κ1) is 12.8. The van der Waals surface area contributed by atoms with Gasteiger partial charge in [-0.3, -0.25) is 0 Å². The molecule has 0 fully saturated rings. The van der Waals surface area contributed by atoms with Crippen molar-refractivity contribution in [3.05, 3.63) is 23.8 Å². The number of nitrogens with one attached hydrogen (secondary N) is 1. The number of methoxy groups -OCH3 is 1. The fourth-order valence-electron chi connectivity index (χ4n) is 1.61. The lowest BCUT2D eigenvalue weighted by molar-refractivity contribution is 0.416. The Bertz CT molecular complexity index is 313. The third-order valence-electron chi connectivity index (χ3n) is 2.62. The highest BCUT2D eigenvalue weighted by atomic mass is 16.5. The average Bonchev–Trinajstić information content (AvgIpc) is 2.34. The summed E-state index contributed by atoms with van der Waals surface area (Å²) in [5.74, 6) is 0.907. The van der Waals surface area contributed by atoms with E-state index in [1.54, 1.807) is 7.11 Å². The van der Waals surface area contributed by atoms with E-state index in [1.165, 1.54) is 5.56 Å². The van der Waals surface area contributed by atoms with E-state index in [2.05, 4.69) is 24.4 Å². The molecule has 0 aliphatic heterocycles. The van der Waals surface area contributed by atoms with Crippen molar-refractivity contribution in [2.45, 2.75) is 26.2 Å². The molecule has 0 aromatic heterocycles. The first-order valence-corrected chi connectivity index (χ1v) is 5.92. The van der Waals surface area contributed by atoms with Gasteiger partial charge in [-0.25, -0.2) is 0 Å². The van der Waals surface area contributed by atoms with Gasteiger partial charge in [0.1, 0.15) is 5.75 Å². The fourth-order valence-corrected chi connectivity index (χ4v) is 1.61. The van der Waals surface area contributed by atoms with Crippen LogP contribution in [0.3, 0.4) is 0 Å². The minimum atomic E-state index is 0.758. The summed E-state index contributed by atoms with van der Waals surface area (Å²) in [6, 6.07) is 6.27. The third kappa shape index (κ3) is 3.74. The molecule has 3 nitrogen and oxygen atoms in total. The van der Waals surface area contributed by atoms with Gasteiger partial charge >= 0.3 is 0 Å². The van der Waals surface area contributed by atoms with Gasteiger partial charge in [-0.05, 0) is 43.5 Å². The number of benzene rings is 1. The van der Waals surface area contributed by atoms with Crippen molar-refractivity contribution in [2.75, 3.05) is 25.5 Å². The van der Waals surface area contributed by atoms with E-state index in [-0.39, 0.29) is 0 Å². The summed E-state index contributed by atoms with van der Waals surface area (Å²) in [5, 5.41) is 3.39. The Morgan fingerprint density at radius 1 is 1.31 bits per heavy atom. The normalized spacial score (nSPS) is 10.2.